The fourth-order valence-electron chi connectivity index (χ4n) is 2.27. The van der Waals surface area contributed by atoms with Gasteiger partial charge in [-0.2, -0.15) is 0 Å². The first kappa shape index (κ1) is 15.3. The Kier molecular flexibility index (Phi) is 5.55. The Morgan fingerprint density at radius 2 is 2.00 bits per heavy atom. The number of carbonyl (C=O) groups excluding carboxylic acids is 2. The molecule has 1 atom stereocenters. The van der Waals surface area contributed by atoms with Gasteiger partial charge >= 0.3 is 5.97 Å². The number of ether oxygens (including phenoxy) is 1. The molecule has 1 unspecified atom stereocenters. The number of amides is 1. The molecule has 1 N–H and O–H groups in total. The van der Waals surface area contributed by atoms with Gasteiger partial charge in [-0.05, 0) is 42.9 Å². The molecule has 0 bridgehead atoms. The Morgan fingerprint density at radius 3 is 2.62 bits per heavy atom. The lowest BCUT2D eigenvalue weighted by molar-refractivity contribution is -0.119. The van der Waals surface area contributed by atoms with Gasteiger partial charge in [0.1, 0.15) is 0 Å². The van der Waals surface area contributed by atoms with Crippen molar-refractivity contribution < 1.29 is 14.3 Å². The molecule has 1 aromatic rings. The van der Waals surface area contributed by atoms with Crippen LogP contribution in [0.3, 0.4) is 0 Å². The van der Waals surface area contributed by atoms with Gasteiger partial charge in [0.25, 0.3) is 0 Å². The van der Waals surface area contributed by atoms with E-state index in [0.29, 0.717) is 24.6 Å². The van der Waals surface area contributed by atoms with Crippen LogP contribution in [0, 0.1) is 5.92 Å². The number of rotatable bonds is 5. The molecule has 1 amide bonds. The average molecular weight is 287 g/mol. The van der Waals surface area contributed by atoms with E-state index >= 15 is 0 Å². The van der Waals surface area contributed by atoms with Crippen LogP contribution >= 0.6 is 0 Å². The average Bonchev–Trinajstić information content (AvgIpc) is 2.52. The Hall–Kier alpha value is -2.10. The zero-order valence-electron chi connectivity index (χ0n) is 12.3. The van der Waals surface area contributed by atoms with Crippen molar-refractivity contribution in [2.45, 2.75) is 32.7 Å². The summed E-state index contributed by atoms with van der Waals surface area (Å²) in [6, 6.07) is 7.13. The lowest BCUT2D eigenvalue weighted by atomic mass is 9.95. The van der Waals surface area contributed by atoms with Crippen LogP contribution in [0.1, 0.15) is 42.1 Å². The minimum Gasteiger partial charge on any atom is -0.462 e. The Balaban J connectivity index is 1.81. The predicted octanol–water partition coefficient (Wildman–Crippen LogP) is 2.84. The molecule has 4 heteroatoms. The van der Waals surface area contributed by atoms with E-state index in [1.54, 1.807) is 12.1 Å². The summed E-state index contributed by atoms with van der Waals surface area (Å²) in [5.41, 5.74) is 1.51. The van der Waals surface area contributed by atoms with Gasteiger partial charge in [0.2, 0.25) is 5.91 Å². The smallest absolute Gasteiger partial charge is 0.338 e. The van der Waals surface area contributed by atoms with Crippen molar-refractivity contribution in [1.29, 1.82) is 0 Å². The fourth-order valence-corrected chi connectivity index (χ4v) is 2.27. The van der Waals surface area contributed by atoms with Crippen molar-refractivity contribution in [2.75, 3.05) is 6.61 Å². The molecule has 21 heavy (non-hydrogen) atoms. The molecule has 2 rings (SSSR count). The molecule has 112 valence electrons. The zero-order valence-corrected chi connectivity index (χ0v) is 12.3. The second-order valence-electron chi connectivity index (χ2n) is 5.36. The fraction of sp³-hybridized carbons (Fsp3) is 0.412. The topological polar surface area (TPSA) is 55.4 Å². The van der Waals surface area contributed by atoms with Crippen molar-refractivity contribution in [3.63, 3.8) is 0 Å². The van der Waals surface area contributed by atoms with Gasteiger partial charge in [0.05, 0.1) is 12.2 Å². The second-order valence-corrected chi connectivity index (χ2v) is 5.36. The lowest BCUT2D eigenvalue weighted by Crippen LogP contribution is -2.19. The number of benzene rings is 1. The van der Waals surface area contributed by atoms with Crippen molar-refractivity contribution in [2.24, 2.45) is 5.92 Å². The van der Waals surface area contributed by atoms with Crippen LogP contribution in [0.5, 0.6) is 0 Å². The van der Waals surface area contributed by atoms with E-state index in [4.69, 9.17) is 4.74 Å². The summed E-state index contributed by atoms with van der Waals surface area (Å²) in [5.74, 6) is 0.0913. The summed E-state index contributed by atoms with van der Waals surface area (Å²) in [6.07, 6.45) is 7.47. The molecule has 0 radical (unpaired) electrons. The molecule has 1 aliphatic carbocycles. The highest BCUT2D eigenvalue weighted by Gasteiger charge is 2.13. The van der Waals surface area contributed by atoms with E-state index in [-0.39, 0.29) is 11.9 Å². The third kappa shape index (κ3) is 5.06. The number of carbonyl (C=O) groups is 2. The first-order valence-electron chi connectivity index (χ1n) is 7.30. The Bertz CT molecular complexity index is 519. The minimum atomic E-state index is -0.282. The molecule has 0 saturated carbocycles. The summed E-state index contributed by atoms with van der Waals surface area (Å²) in [5, 5.41) is 2.72. The van der Waals surface area contributed by atoms with Gasteiger partial charge < -0.3 is 10.1 Å². The summed E-state index contributed by atoms with van der Waals surface area (Å²) in [7, 11) is 0. The SMILES string of the molecule is CC(=O)NCc1ccc(C(=O)OCC2CC=CCC2)cc1. The Morgan fingerprint density at radius 1 is 1.24 bits per heavy atom. The number of hydrogen-bond donors (Lipinski definition) is 1. The third-order valence-corrected chi connectivity index (χ3v) is 3.56. The Labute approximate surface area is 125 Å². The van der Waals surface area contributed by atoms with Crippen molar-refractivity contribution in [3.05, 3.63) is 47.5 Å². The van der Waals surface area contributed by atoms with Crippen molar-refractivity contribution in [3.8, 4) is 0 Å². The van der Waals surface area contributed by atoms with E-state index in [2.05, 4.69) is 17.5 Å². The summed E-state index contributed by atoms with van der Waals surface area (Å²) >= 11 is 0. The van der Waals surface area contributed by atoms with Gasteiger partial charge in [-0.15, -0.1) is 0 Å². The molecule has 0 aliphatic heterocycles. The summed E-state index contributed by atoms with van der Waals surface area (Å²) < 4.78 is 5.36. The van der Waals surface area contributed by atoms with Crippen LogP contribution in [-0.2, 0) is 16.1 Å². The first-order valence-corrected chi connectivity index (χ1v) is 7.30. The number of hydrogen-bond acceptors (Lipinski definition) is 3. The number of allylic oxidation sites excluding steroid dienone is 2. The molecule has 0 heterocycles. The quantitative estimate of drug-likeness (QED) is 0.669. The number of nitrogens with one attached hydrogen (secondary N) is 1. The first-order chi connectivity index (χ1) is 10.1. The maximum atomic E-state index is 12.0. The minimum absolute atomic E-state index is 0.0694. The summed E-state index contributed by atoms with van der Waals surface area (Å²) in [4.78, 5) is 22.8. The summed E-state index contributed by atoms with van der Waals surface area (Å²) in [6.45, 7) is 2.43. The van der Waals surface area contributed by atoms with E-state index in [1.165, 1.54) is 6.92 Å². The third-order valence-electron chi connectivity index (χ3n) is 3.56. The van der Waals surface area contributed by atoms with Gasteiger partial charge in [0.15, 0.2) is 0 Å². The van der Waals surface area contributed by atoms with Gasteiger partial charge in [-0.1, -0.05) is 24.3 Å². The second kappa shape index (κ2) is 7.62. The molecular formula is C17H21NO3. The van der Waals surface area contributed by atoms with Crippen LogP contribution in [0.4, 0.5) is 0 Å². The molecule has 0 saturated heterocycles. The van der Waals surface area contributed by atoms with Gasteiger partial charge in [-0.25, -0.2) is 4.79 Å². The van der Waals surface area contributed by atoms with E-state index in [1.807, 2.05) is 12.1 Å². The molecule has 0 aromatic heterocycles. The maximum absolute atomic E-state index is 12.0. The van der Waals surface area contributed by atoms with Crippen molar-refractivity contribution in [1.82, 2.24) is 5.32 Å². The molecule has 0 spiro atoms. The zero-order chi connectivity index (χ0) is 15.1. The highest BCUT2D eigenvalue weighted by Crippen LogP contribution is 2.18. The van der Waals surface area contributed by atoms with Crippen LogP contribution < -0.4 is 5.32 Å². The van der Waals surface area contributed by atoms with E-state index in [9.17, 15) is 9.59 Å². The van der Waals surface area contributed by atoms with Crippen molar-refractivity contribution >= 4 is 11.9 Å². The molecule has 4 nitrogen and oxygen atoms in total. The van der Waals surface area contributed by atoms with E-state index in [0.717, 1.165) is 24.8 Å². The standard InChI is InChI=1S/C17H21NO3/c1-13(19)18-11-14-7-9-16(10-8-14)17(20)21-12-15-5-3-2-4-6-15/h2-3,7-10,15H,4-6,11-12H2,1H3,(H,18,19). The molecule has 0 fully saturated rings. The van der Waals surface area contributed by atoms with Gasteiger partial charge in [0, 0.05) is 13.5 Å². The largest absolute Gasteiger partial charge is 0.462 e. The normalized spacial score (nSPS) is 17.3. The van der Waals surface area contributed by atoms with Crippen LogP contribution in [-0.4, -0.2) is 18.5 Å². The van der Waals surface area contributed by atoms with Crippen LogP contribution in [0.15, 0.2) is 36.4 Å². The molecule has 1 aromatic carbocycles. The number of esters is 1. The van der Waals surface area contributed by atoms with Crippen LogP contribution in [0.25, 0.3) is 0 Å². The van der Waals surface area contributed by atoms with E-state index < -0.39 is 0 Å². The predicted molar refractivity (Wildman–Crippen MR) is 80.7 cm³/mol. The molecule has 1 aliphatic rings. The lowest BCUT2D eigenvalue weighted by Gasteiger charge is -2.17. The van der Waals surface area contributed by atoms with Gasteiger partial charge in [-0.3, -0.25) is 4.79 Å². The highest BCUT2D eigenvalue weighted by molar-refractivity contribution is 5.89. The van der Waals surface area contributed by atoms with Crippen LogP contribution in [0.2, 0.25) is 0 Å². The monoisotopic (exact) mass is 287 g/mol. The maximum Gasteiger partial charge on any atom is 0.338 e. The highest BCUT2D eigenvalue weighted by atomic mass is 16.5. The molecular weight excluding hydrogens is 266 g/mol.